The first-order chi connectivity index (χ1) is 6.74. The van der Waals surface area contributed by atoms with Crippen LogP contribution in [0.3, 0.4) is 0 Å². The Hall–Kier alpha value is -1.38. The summed E-state index contributed by atoms with van der Waals surface area (Å²) >= 11 is 6.19. The third-order valence-electron chi connectivity index (χ3n) is 1.32. The zero-order valence-electron chi connectivity index (χ0n) is 7.24. The topological polar surface area (TPSA) is 41.1 Å². The molecule has 2 N–H and O–H groups in total. The molecule has 5 heteroatoms. The van der Waals surface area contributed by atoms with Crippen LogP contribution < -0.4 is 10.6 Å². The van der Waals surface area contributed by atoms with E-state index >= 15 is 0 Å². The normalized spacial score (nSPS) is 8.79. The molecule has 0 bridgehead atoms. The van der Waals surface area contributed by atoms with Crippen molar-refractivity contribution in [2.24, 2.45) is 0 Å². The first-order valence-corrected chi connectivity index (χ1v) is 5.09. The molecule has 0 saturated carbocycles. The van der Waals surface area contributed by atoms with Crippen LogP contribution in [-0.2, 0) is 0 Å². The number of hydrogen-bond donors (Lipinski definition) is 2. The highest BCUT2D eigenvalue weighted by Crippen LogP contribution is 2.07. The number of rotatable bonds is 2. The number of terminal acetylenes is 1. The maximum absolute atomic E-state index is 11.4. The van der Waals surface area contributed by atoms with Crippen molar-refractivity contribution < 1.29 is 4.79 Å². The lowest BCUT2D eigenvalue weighted by Gasteiger charge is -2.04. The van der Waals surface area contributed by atoms with Crippen molar-refractivity contribution >= 4 is 34.6 Å². The van der Waals surface area contributed by atoms with Crippen LogP contribution in [0.15, 0.2) is 17.5 Å². The van der Waals surface area contributed by atoms with Gasteiger partial charge < -0.3 is 5.32 Å². The summed E-state index contributed by atoms with van der Waals surface area (Å²) in [6.45, 7) is 0.309. The second-order valence-electron chi connectivity index (χ2n) is 2.32. The highest BCUT2D eigenvalue weighted by Gasteiger charge is 2.07. The fourth-order valence-corrected chi connectivity index (χ4v) is 1.53. The Balaban J connectivity index is 2.42. The summed E-state index contributed by atoms with van der Waals surface area (Å²) in [4.78, 5) is 12.0. The molecule has 14 heavy (non-hydrogen) atoms. The second kappa shape index (κ2) is 5.37. The van der Waals surface area contributed by atoms with Crippen LogP contribution in [0.2, 0.25) is 0 Å². The van der Waals surface area contributed by atoms with Gasteiger partial charge in [-0.1, -0.05) is 12.0 Å². The minimum absolute atomic E-state index is 0.213. The van der Waals surface area contributed by atoms with E-state index in [1.54, 1.807) is 12.1 Å². The van der Waals surface area contributed by atoms with Crippen LogP contribution >= 0.6 is 23.6 Å². The maximum Gasteiger partial charge on any atom is 0.267 e. The lowest BCUT2D eigenvalue weighted by atomic mass is 10.4. The van der Waals surface area contributed by atoms with Gasteiger partial charge in [-0.25, -0.2) is 0 Å². The molecule has 0 atom stereocenters. The van der Waals surface area contributed by atoms with Crippen LogP contribution in [0.5, 0.6) is 0 Å². The molecule has 1 aromatic rings. The number of carbonyl (C=O) groups excluding carboxylic acids is 1. The van der Waals surface area contributed by atoms with E-state index in [9.17, 15) is 4.79 Å². The number of hydrogen-bond acceptors (Lipinski definition) is 3. The Morgan fingerprint density at radius 2 is 2.50 bits per heavy atom. The Labute approximate surface area is 91.5 Å². The number of thiocarbonyl (C=S) groups is 1. The molecular formula is C9H8N2OS2. The molecule has 0 unspecified atom stereocenters. The predicted octanol–water partition coefficient (Wildman–Crippen LogP) is 0.986. The van der Waals surface area contributed by atoms with Crippen LogP contribution in [0.4, 0.5) is 0 Å². The summed E-state index contributed by atoms with van der Waals surface area (Å²) in [5, 5.41) is 7.28. The van der Waals surface area contributed by atoms with E-state index in [4.69, 9.17) is 18.6 Å². The zero-order chi connectivity index (χ0) is 10.4. The minimum Gasteiger partial charge on any atom is -0.351 e. The van der Waals surface area contributed by atoms with Crippen molar-refractivity contribution in [2.75, 3.05) is 6.54 Å². The average Bonchev–Trinajstić information content (AvgIpc) is 2.67. The summed E-state index contributed by atoms with van der Waals surface area (Å²) in [6, 6.07) is 3.53. The van der Waals surface area contributed by atoms with E-state index in [2.05, 4.69) is 16.6 Å². The van der Waals surface area contributed by atoms with Gasteiger partial charge in [-0.15, -0.1) is 17.8 Å². The van der Waals surface area contributed by atoms with E-state index in [-0.39, 0.29) is 11.0 Å². The molecule has 0 fully saturated rings. The van der Waals surface area contributed by atoms with Crippen molar-refractivity contribution in [1.82, 2.24) is 10.6 Å². The third-order valence-corrected chi connectivity index (χ3v) is 2.44. The molecule has 1 amide bonds. The van der Waals surface area contributed by atoms with Crippen LogP contribution in [0.1, 0.15) is 9.67 Å². The molecule has 72 valence electrons. The molecule has 3 nitrogen and oxygen atoms in total. The summed E-state index contributed by atoms with van der Waals surface area (Å²) < 4.78 is 0. The second-order valence-corrected chi connectivity index (χ2v) is 3.67. The van der Waals surface area contributed by atoms with E-state index in [1.807, 2.05) is 5.38 Å². The lowest BCUT2D eigenvalue weighted by molar-refractivity contribution is 0.0980. The van der Waals surface area contributed by atoms with Crippen molar-refractivity contribution in [3.8, 4) is 12.3 Å². The highest BCUT2D eigenvalue weighted by atomic mass is 32.1. The van der Waals surface area contributed by atoms with Crippen LogP contribution in [0.25, 0.3) is 0 Å². The van der Waals surface area contributed by atoms with E-state index in [1.165, 1.54) is 11.3 Å². The van der Waals surface area contributed by atoms with Gasteiger partial charge in [0, 0.05) is 0 Å². The summed E-state index contributed by atoms with van der Waals surface area (Å²) in [5.74, 6) is 2.15. The fourth-order valence-electron chi connectivity index (χ4n) is 0.748. The number of thiophene rings is 1. The maximum atomic E-state index is 11.4. The molecule has 0 saturated heterocycles. The van der Waals surface area contributed by atoms with Crippen molar-refractivity contribution in [3.05, 3.63) is 22.4 Å². The van der Waals surface area contributed by atoms with Gasteiger partial charge in [0.2, 0.25) is 0 Å². The highest BCUT2D eigenvalue weighted by molar-refractivity contribution is 7.80. The van der Waals surface area contributed by atoms with Crippen molar-refractivity contribution in [2.45, 2.75) is 0 Å². The summed E-state index contributed by atoms with van der Waals surface area (Å²) in [5.41, 5.74) is 0. The monoisotopic (exact) mass is 224 g/mol. The van der Waals surface area contributed by atoms with Crippen molar-refractivity contribution in [3.63, 3.8) is 0 Å². The Morgan fingerprint density at radius 3 is 3.07 bits per heavy atom. The SMILES string of the molecule is C#CCNC(=S)NC(=O)c1cccs1. The van der Waals surface area contributed by atoms with Gasteiger partial charge in [0.15, 0.2) is 5.11 Å². The number of carbonyl (C=O) groups is 1. The van der Waals surface area contributed by atoms with E-state index in [0.29, 0.717) is 11.4 Å². The van der Waals surface area contributed by atoms with Gasteiger partial charge in [0.05, 0.1) is 11.4 Å². The Bertz CT molecular complexity index is 365. The summed E-state index contributed by atoms with van der Waals surface area (Å²) in [7, 11) is 0. The van der Waals surface area contributed by atoms with Gasteiger partial charge in [0.25, 0.3) is 5.91 Å². The molecule has 1 rings (SSSR count). The van der Waals surface area contributed by atoms with E-state index in [0.717, 1.165) is 0 Å². The first-order valence-electron chi connectivity index (χ1n) is 3.80. The van der Waals surface area contributed by atoms with Gasteiger partial charge in [0.1, 0.15) is 0 Å². The molecule has 0 aliphatic rings. The van der Waals surface area contributed by atoms with Crippen molar-refractivity contribution in [1.29, 1.82) is 0 Å². The zero-order valence-corrected chi connectivity index (χ0v) is 8.87. The third kappa shape index (κ3) is 3.17. The molecule has 1 aromatic heterocycles. The molecular weight excluding hydrogens is 216 g/mol. The smallest absolute Gasteiger partial charge is 0.267 e. The quantitative estimate of drug-likeness (QED) is 0.581. The predicted molar refractivity (Wildman–Crippen MR) is 61.2 cm³/mol. The molecule has 0 radical (unpaired) electrons. The first kappa shape index (κ1) is 10.7. The largest absolute Gasteiger partial charge is 0.351 e. The lowest BCUT2D eigenvalue weighted by Crippen LogP contribution is -2.39. The average molecular weight is 224 g/mol. The minimum atomic E-state index is -0.213. The van der Waals surface area contributed by atoms with E-state index < -0.39 is 0 Å². The van der Waals surface area contributed by atoms with Gasteiger partial charge in [-0.05, 0) is 23.7 Å². The Morgan fingerprint density at radius 1 is 1.71 bits per heavy atom. The van der Waals surface area contributed by atoms with Gasteiger partial charge in [-0.2, -0.15) is 0 Å². The molecule has 0 spiro atoms. The van der Waals surface area contributed by atoms with Gasteiger partial charge in [-0.3, -0.25) is 10.1 Å². The molecule has 0 aromatic carbocycles. The number of amides is 1. The standard InChI is InChI=1S/C9H8N2OS2/c1-2-5-10-9(13)11-8(12)7-4-3-6-14-7/h1,3-4,6H,5H2,(H2,10,11,12,13). The fraction of sp³-hybridized carbons (Fsp3) is 0.111. The number of nitrogens with one attached hydrogen (secondary N) is 2. The summed E-state index contributed by atoms with van der Waals surface area (Å²) in [6.07, 6.45) is 5.02. The van der Waals surface area contributed by atoms with Crippen LogP contribution in [0, 0.1) is 12.3 Å². The Kier molecular flexibility index (Phi) is 4.11. The van der Waals surface area contributed by atoms with Gasteiger partial charge >= 0.3 is 0 Å². The molecule has 0 aliphatic heterocycles. The molecule has 0 aliphatic carbocycles. The molecule has 1 heterocycles. The van der Waals surface area contributed by atoms with Crippen LogP contribution in [-0.4, -0.2) is 17.6 Å².